The van der Waals surface area contributed by atoms with Crippen molar-refractivity contribution >= 4 is 17.5 Å². The summed E-state index contributed by atoms with van der Waals surface area (Å²) in [5.74, 6) is -0.101. The molecule has 4 nitrogen and oxygen atoms in total. The summed E-state index contributed by atoms with van der Waals surface area (Å²) in [6.45, 7) is 0. The minimum Gasteiger partial charge on any atom is -0.351 e. The largest absolute Gasteiger partial charge is 0.351 e. The van der Waals surface area contributed by atoms with E-state index in [2.05, 4.69) is 0 Å². The summed E-state index contributed by atoms with van der Waals surface area (Å²) in [6, 6.07) is 6.40. The van der Waals surface area contributed by atoms with Gasteiger partial charge in [-0.05, 0) is 36.3 Å². The number of hydrogen-bond acceptors (Lipinski definition) is 2. The molecule has 94 valence electrons. The number of amides is 2. The molecule has 1 aromatic rings. The average molecular weight is 252 g/mol. The Bertz CT molecular complexity index is 668. The molecule has 3 rings (SSSR count). The van der Waals surface area contributed by atoms with E-state index >= 15 is 0 Å². The Morgan fingerprint density at radius 2 is 2.05 bits per heavy atom. The molecule has 0 spiro atoms. The summed E-state index contributed by atoms with van der Waals surface area (Å²) in [4.78, 5) is 25.4. The van der Waals surface area contributed by atoms with E-state index in [1.807, 2.05) is 12.2 Å². The van der Waals surface area contributed by atoms with Gasteiger partial charge in [-0.25, -0.2) is 4.79 Å². The number of rotatable bonds is 0. The summed E-state index contributed by atoms with van der Waals surface area (Å²) in [6.07, 6.45) is 7.81. The Labute approximate surface area is 110 Å². The number of primary amides is 1. The summed E-state index contributed by atoms with van der Waals surface area (Å²) in [7, 11) is 0. The van der Waals surface area contributed by atoms with Gasteiger partial charge in [-0.2, -0.15) is 0 Å². The second-order valence-electron chi connectivity index (χ2n) is 4.41. The second kappa shape index (κ2) is 4.24. The van der Waals surface area contributed by atoms with Crippen LogP contribution in [-0.4, -0.2) is 11.8 Å². The normalized spacial score (nSPS) is 17.1. The number of hydrogen-bond donors (Lipinski definition) is 1. The van der Waals surface area contributed by atoms with Crippen molar-refractivity contribution in [3.05, 3.63) is 65.4 Å². The van der Waals surface area contributed by atoms with Gasteiger partial charge in [0.25, 0.3) is 0 Å². The maximum Gasteiger partial charge on any atom is 0.323 e. The van der Waals surface area contributed by atoms with E-state index in [-0.39, 0.29) is 5.78 Å². The molecular weight excluding hydrogens is 240 g/mol. The zero-order valence-corrected chi connectivity index (χ0v) is 10.2. The zero-order chi connectivity index (χ0) is 13.4. The van der Waals surface area contributed by atoms with Gasteiger partial charge in [0.15, 0.2) is 5.78 Å². The molecule has 0 atom stereocenters. The molecule has 0 saturated carbocycles. The van der Waals surface area contributed by atoms with Crippen LogP contribution in [0.5, 0.6) is 0 Å². The summed E-state index contributed by atoms with van der Waals surface area (Å²) < 4.78 is 0. The lowest BCUT2D eigenvalue weighted by atomic mass is 10.0. The molecule has 0 unspecified atom stereocenters. The molecule has 0 aromatic heterocycles. The fraction of sp³-hybridized carbons (Fsp3) is 0.0667. The van der Waals surface area contributed by atoms with Gasteiger partial charge in [0.05, 0.1) is 11.4 Å². The molecule has 2 aliphatic rings. The van der Waals surface area contributed by atoms with Crippen LogP contribution >= 0.6 is 0 Å². The fourth-order valence-corrected chi connectivity index (χ4v) is 2.40. The lowest BCUT2D eigenvalue weighted by molar-refractivity contribution is 0.104. The molecule has 19 heavy (non-hydrogen) atoms. The number of carbonyl (C=O) groups is 2. The third-order valence-electron chi connectivity index (χ3n) is 3.23. The smallest absolute Gasteiger partial charge is 0.323 e. The third-order valence-corrected chi connectivity index (χ3v) is 3.23. The van der Waals surface area contributed by atoms with Gasteiger partial charge in [0.1, 0.15) is 0 Å². The van der Waals surface area contributed by atoms with Crippen LogP contribution in [0.1, 0.15) is 16.8 Å². The molecule has 2 N–H and O–H groups in total. The lowest BCUT2D eigenvalue weighted by Gasteiger charge is -2.25. The molecule has 0 bridgehead atoms. The Kier molecular flexibility index (Phi) is 2.56. The van der Waals surface area contributed by atoms with Crippen LogP contribution in [0.2, 0.25) is 0 Å². The number of para-hydroxylation sites is 1. The highest BCUT2D eigenvalue weighted by Crippen LogP contribution is 2.34. The van der Waals surface area contributed by atoms with E-state index in [4.69, 9.17) is 5.73 Å². The maximum absolute atomic E-state index is 12.2. The Morgan fingerprint density at radius 1 is 1.26 bits per heavy atom. The number of anilines is 1. The van der Waals surface area contributed by atoms with Crippen molar-refractivity contribution < 1.29 is 9.59 Å². The van der Waals surface area contributed by atoms with Crippen LogP contribution in [-0.2, 0) is 0 Å². The molecule has 1 aliphatic carbocycles. The number of allylic oxidation sites excluding steroid dienone is 5. The van der Waals surface area contributed by atoms with E-state index in [0.29, 0.717) is 23.4 Å². The Morgan fingerprint density at radius 3 is 2.84 bits per heavy atom. The minimum absolute atomic E-state index is 0.101. The number of nitrogens with zero attached hydrogens (tertiary/aromatic N) is 1. The van der Waals surface area contributed by atoms with Gasteiger partial charge in [-0.3, -0.25) is 9.69 Å². The molecule has 1 aliphatic heterocycles. The van der Waals surface area contributed by atoms with E-state index < -0.39 is 6.03 Å². The van der Waals surface area contributed by atoms with Crippen molar-refractivity contribution in [3.63, 3.8) is 0 Å². The van der Waals surface area contributed by atoms with Crippen LogP contribution in [0.15, 0.2) is 59.8 Å². The van der Waals surface area contributed by atoms with E-state index in [0.717, 1.165) is 5.57 Å². The average Bonchev–Trinajstić information content (AvgIpc) is 2.53. The standard InChI is InChI=1S/C15H12N2O2/c16-15(19)17-12-7-3-1-5-10(12)9-14(18)11-6-2-4-8-13(11)17/h1-4,6-9H,5H2,(H2,16,19). The van der Waals surface area contributed by atoms with Gasteiger partial charge in [-0.15, -0.1) is 0 Å². The topological polar surface area (TPSA) is 63.4 Å². The van der Waals surface area contributed by atoms with Gasteiger partial charge in [-0.1, -0.05) is 24.3 Å². The van der Waals surface area contributed by atoms with Crippen molar-refractivity contribution in [2.24, 2.45) is 5.73 Å². The van der Waals surface area contributed by atoms with Gasteiger partial charge >= 0.3 is 6.03 Å². The quantitative estimate of drug-likeness (QED) is 0.771. The summed E-state index contributed by atoms with van der Waals surface area (Å²) in [5.41, 5.74) is 7.99. The monoisotopic (exact) mass is 252 g/mol. The minimum atomic E-state index is -0.588. The number of nitrogens with two attached hydrogens (primary N) is 1. The van der Waals surface area contributed by atoms with Crippen molar-refractivity contribution in [3.8, 4) is 0 Å². The van der Waals surface area contributed by atoms with Crippen LogP contribution in [0.4, 0.5) is 10.5 Å². The third kappa shape index (κ3) is 1.78. The highest BCUT2D eigenvalue weighted by atomic mass is 16.2. The first kappa shape index (κ1) is 11.5. The molecule has 0 fully saturated rings. The van der Waals surface area contributed by atoms with Crippen LogP contribution < -0.4 is 10.6 Å². The van der Waals surface area contributed by atoms with Crippen molar-refractivity contribution in [1.29, 1.82) is 0 Å². The number of urea groups is 1. The van der Waals surface area contributed by atoms with Gasteiger partial charge in [0, 0.05) is 5.56 Å². The number of fused-ring (bicyclic) bond motifs is 2. The van der Waals surface area contributed by atoms with E-state index in [1.165, 1.54) is 4.90 Å². The molecular formula is C15H12N2O2. The molecule has 1 aromatic carbocycles. The second-order valence-corrected chi connectivity index (χ2v) is 4.41. The predicted octanol–water partition coefficient (Wildman–Crippen LogP) is 2.54. The molecule has 4 heteroatoms. The maximum atomic E-state index is 12.2. The van der Waals surface area contributed by atoms with E-state index in [1.54, 1.807) is 36.4 Å². The van der Waals surface area contributed by atoms with Crippen LogP contribution in [0, 0.1) is 0 Å². The van der Waals surface area contributed by atoms with Crippen molar-refractivity contribution in [2.45, 2.75) is 6.42 Å². The molecule has 1 heterocycles. The predicted molar refractivity (Wildman–Crippen MR) is 72.8 cm³/mol. The fourth-order valence-electron chi connectivity index (χ4n) is 2.40. The van der Waals surface area contributed by atoms with Gasteiger partial charge < -0.3 is 5.73 Å². The summed E-state index contributed by atoms with van der Waals surface area (Å²) in [5, 5.41) is 0. The van der Waals surface area contributed by atoms with Crippen molar-refractivity contribution in [2.75, 3.05) is 4.90 Å². The first-order valence-corrected chi connectivity index (χ1v) is 5.99. The number of ketones is 1. The highest BCUT2D eigenvalue weighted by Gasteiger charge is 2.28. The Hall–Kier alpha value is -2.62. The number of carbonyl (C=O) groups excluding carboxylic acids is 2. The summed E-state index contributed by atoms with van der Waals surface area (Å²) >= 11 is 0. The molecule has 0 radical (unpaired) electrons. The van der Waals surface area contributed by atoms with Crippen LogP contribution in [0.25, 0.3) is 0 Å². The molecule has 2 amide bonds. The lowest BCUT2D eigenvalue weighted by Crippen LogP contribution is -2.36. The Balaban J connectivity index is 2.29. The number of benzene rings is 1. The van der Waals surface area contributed by atoms with Crippen molar-refractivity contribution in [1.82, 2.24) is 0 Å². The first-order chi connectivity index (χ1) is 9.18. The van der Waals surface area contributed by atoms with E-state index in [9.17, 15) is 9.59 Å². The first-order valence-electron chi connectivity index (χ1n) is 5.99. The van der Waals surface area contributed by atoms with Gasteiger partial charge in [0.2, 0.25) is 0 Å². The zero-order valence-electron chi connectivity index (χ0n) is 10.2. The highest BCUT2D eigenvalue weighted by molar-refractivity contribution is 6.14. The molecule has 0 saturated heterocycles. The van der Waals surface area contributed by atoms with Crippen LogP contribution in [0.3, 0.4) is 0 Å². The SMILES string of the molecule is NC(=O)N1C2=CC=CCC2=CC(=O)c2ccccc21.